The number of hydrogen-bond donors (Lipinski definition) is 1. The molecule has 2 heterocycles. The molecule has 6 heteroatoms. The Morgan fingerprint density at radius 3 is 3.00 bits per heavy atom. The second-order valence-electron chi connectivity index (χ2n) is 4.47. The van der Waals surface area contributed by atoms with E-state index >= 15 is 0 Å². The van der Waals surface area contributed by atoms with Crippen LogP contribution in [0.1, 0.15) is 25.0 Å². The van der Waals surface area contributed by atoms with Crippen LogP contribution in [-0.2, 0) is 0 Å². The Labute approximate surface area is 106 Å². The molecule has 1 N–H and O–H groups in total. The zero-order chi connectivity index (χ0) is 13.0. The minimum absolute atomic E-state index is 0.0261. The Morgan fingerprint density at radius 1 is 1.56 bits per heavy atom. The van der Waals surface area contributed by atoms with Gasteiger partial charge in [-0.2, -0.15) is 0 Å². The highest BCUT2D eigenvalue weighted by Crippen LogP contribution is 2.19. The second-order valence-corrected chi connectivity index (χ2v) is 4.47. The Hall–Kier alpha value is -1.69. The zero-order valence-electron chi connectivity index (χ0n) is 10.4. The van der Waals surface area contributed by atoms with Gasteiger partial charge in [0.2, 0.25) is 5.88 Å². The van der Waals surface area contributed by atoms with Crippen molar-refractivity contribution in [3.8, 4) is 5.88 Å². The minimum Gasteiger partial charge on any atom is -0.476 e. The Bertz CT molecular complexity index is 431. The van der Waals surface area contributed by atoms with E-state index in [1.54, 1.807) is 13.0 Å². The molecule has 0 saturated carbocycles. The lowest BCUT2D eigenvalue weighted by Gasteiger charge is -2.23. The van der Waals surface area contributed by atoms with Crippen molar-refractivity contribution in [2.45, 2.75) is 32.2 Å². The van der Waals surface area contributed by atoms with E-state index in [0.717, 1.165) is 13.0 Å². The summed E-state index contributed by atoms with van der Waals surface area (Å²) in [6.07, 6.45) is 3.53. The first-order chi connectivity index (χ1) is 8.66. The molecule has 98 valence electrons. The maximum atomic E-state index is 10.7. The summed E-state index contributed by atoms with van der Waals surface area (Å²) in [6.45, 7) is 3.20. The van der Waals surface area contributed by atoms with Gasteiger partial charge in [-0.1, -0.05) is 6.42 Å². The van der Waals surface area contributed by atoms with Crippen LogP contribution in [0.4, 0.5) is 5.69 Å². The summed E-state index contributed by atoms with van der Waals surface area (Å²) in [7, 11) is 0. The van der Waals surface area contributed by atoms with E-state index in [1.165, 1.54) is 18.9 Å². The first kappa shape index (κ1) is 12.8. The summed E-state index contributed by atoms with van der Waals surface area (Å²) in [5, 5.41) is 14.0. The van der Waals surface area contributed by atoms with Crippen LogP contribution < -0.4 is 10.1 Å². The molecule has 0 aliphatic carbocycles. The van der Waals surface area contributed by atoms with Gasteiger partial charge >= 0.3 is 0 Å². The summed E-state index contributed by atoms with van der Waals surface area (Å²) in [4.78, 5) is 14.3. The van der Waals surface area contributed by atoms with E-state index in [0.29, 0.717) is 24.2 Å². The Morgan fingerprint density at radius 2 is 2.39 bits per heavy atom. The number of nitrogens with one attached hydrogen (secondary N) is 1. The lowest BCUT2D eigenvalue weighted by molar-refractivity contribution is -0.385. The lowest BCUT2D eigenvalue weighted by atomic mass is 10.1. The third-order valence-electron chi connectivity index (χ3n) is 3.07. The molecular weight excluding hydrogens is 234 g/mol. The van der Waals surface area contributed by atoms with Crippen molar-refractivity contribution in [3.63, 3.8) is 0 Å². The molecule has 0 bridgehead atoms. The topological polar surface area (TPSA) is 77.3 Å². The third kappa shape index (κ3) is 3.16. The SMILES string of the molecule is Cc1nc(OCC2CCCCN2)ccc1[N+](=O)[O-]. The van der Waals surface area contributed by atoms with E-state index in [4.69, 9.17) is 4.74 Å². The molecule has 1 aromatic rings. The zero-order valence-corrected chi connectivity index (χ0v) is 10.4. The number of nitro groups is 1. The van der Waals surface area contributed by atoms with Crippen molar-refractivity contribution in [2.75, 3.05) is 13.2 Å². The summed E-state index contributed by atoms with van der Waals surface area (Å²) in [6, 6.07) is 3.34. The fourth-order valence-electron chi connectivity index (χ4n) is 2.06. The molecule has 2 rings (SSSR count). The molecular formula is C12H17N3O3. The number of rotatable bonds is 4. The second kappa shape index (κ2) is 5.77. The highest BCUT2D eigenvalue weighted by Gasteiger charge is 2.15. The van der Waals surface area contributed by atoms with Crippen LogP contribution in [0.5, 0.6) is 5.88 Å². The van der Waals surface area contributed by atoms with Gasteiger partial charge in [0.1, 0.15) is 12.3 Å². The van der Waals surface area contributed by atoms with E-state index in [9.17, 15) is 10.1 Å². The molecule has 1 saturated heterocycles. The Kier molecular flexibility index (Phi) is 4.09. The average molecular weight is 251 g/mol. The van der Waals surface area contributed by atoms with Gasteiger partial charge in [0, 0.05) is 18.2 Å². The minimum atomic E-state index is -0.436. The van der Waals surface area contributed by atoms with Gasteiger partial charge in [-0.25, -0.2) is 4.98 Å². The fraction of sp³-hybridized carbons (Fsp3) is 0.583. The molecule has 1 atom stereocenters. The van der Waals surface area contributed by atoms with E-state index in [2.05, 4.69) is 10.3 Å². The number of aromatic nitrogens is 1. The van der Waals surface area contributed by atoms with E-state index in [1.807, 2.05) is 0 Å². The molecule has 1 aliphatic heterocycles. The molecule has 0 spiro atoms. The van der Waals surface area contributed by atoms with Crippen molar-refractivity contribution >= 4 is 5.69 Å². The summed E-state index contributed by atoms with van der Waals surface area (Å²) >= 11 is 0. The van der Waals surface area contributed by atoms with E-state index in [-0.39, 0.29) is 5.69 Å². The maximum absolute atomic E-state index is 10.7. The number of ether oxygens (including phenoxy) is 1. The number of nitrogens with zero attached hydrogens (tertiary/aromatic N) is 2. The van der Waals surface area contributed by atoms with Gasteiger partial charge in [0.25, 0.3) is 5.69 Å². The van der Waals surface area contributed by atoms with Gasteiger partial charge in [0.15, 0.2) is 0 Å². The predicted molar refractivity (Wildman–Crippen MR) is 66.8 cm³/mol. The Balaban J connectivity index is 1.93. The smallest absolute Gasteiger partial charge is 0.290 e. The normalized spacial score (nSPS) is 19.5. The van der Waals surface area contributed by atoms with Gasteiger partial charge in [-0.05, 0) is 26.3 Å². The maximum Gasteiger partial charge on any atom is 0.290 e. The number of piperidine rings is 1. The third-order valence-corrected chi connectivity index (χ3v) is 3.07. The van der Waals surface area contributed by atoms with Crippen molar-refractivity contribution in [2.24, 2.45) is 0 Å². The average Bonchev–Trinajstić information content (AvgIpc) is 2.37. The van der Waals surface area contributed by atoms with Crippen LogP contribution in [-0.4, -0.2) is 29.1 Å². The molecule has 0 radical (unpaired) electrons. The van der Waals surface area contributed by atoms with Gasteiger partial charge in [0.05, 0.1) is 4.92 Å². The summed E-state index contributed by atoms with van der Waals surface area (Å²) < 4.78 is 5.56. The first-order valence-corrected chi connectivity index (χ1v) is 6.15. The van der Waals surface area contributed by atoms with Crippen LogP contribution in [0.15, 0.2) is 12.1 Å². The summed E-state index contributed by atoms with van der Waals surface area (Å²) in [5.41, 5.74) is 0.409. The molecule has 1 aliphatic rings. The number of pyridine rings is 1. The molecule has 6 nitrogen and oxygen atoms in total. The quantitative estimate of drug-likeness (QED) is 0.652. The molecule has 1 aromatic heterocycles. The molecule has 0 amide bonds. The monoisotopic (exact) mass is 251 g/mol. The number of hydrogen-bond acceptors (Lipinski definition) is 5. The van der Waals surface area contributed by atoms with Crippen LogP contribution in [0, 0.1) is 17.0 Å². The van der Waals surface area contributed by atoms with Crippen molar-refractivity contribution in [1.82, 2.24) is 10.3 Å². The van der Waals surface area contributed by atoms with Crippen molar-refractivity contribution in [3.05, 3.63) is 27.9 Å². The van der Waals surface area contributed by atoms with Crippen molar-refractivity contribution in [1.29, 1.82) is 0 Å². The standard InChI is InChI=1S/C12H17N3O3/c1-9-11(15(16)17)5-6-12(14-9)18-8-10-4-2-3-7-13-10/h5-6,10,13H,2-4,7-8H2,1H3. The van der Waals surface area contributed by atoms with Crippen LogP contribution in [0.3, 0.4) is 0 Å². The van der Waals surface area contributed by atoms with Crippen LogP contribution in [0.2, 0.25) is 0 Å². The van der Waals surface area contributed by atoms with Gasteiger partial charge in [-0.15, -0.1) is 0 Å². The lowest BCUT2D eigenvalue weighted by Crippen LogP contribution is -2.38. The molecule has 1 fully saturated rings. The summed E-state index contributed by atoms with van der Waals surface area (Å²) in [5.74, 6) is 0.450. The molecule has 1 unspecified atom stereocenters. The highest BCUT2D eigenvalue weighted by atomic mass is 16.6. The molecule has 18 heavy (non-hydrogen) atoms. The number of aryl methyl sites for hydroxylation is 1. The largest absolute Gasteiger partial charge is 0.476 e. The van der Waals surface area contributed by atoms with Crippen LogP contribution >= 0.6 is 0 Å². The van der Waals surface area contributed by atoms with Gasteiger partial charge in [-0.3, -0.25) is 10.1 Å². The van der Waals surface area contributed by atoms with E-state index < -0.39 is 4.92 Å². The molecule has 0 aromatic carbocycles. The first-order valence-electron chi connectivity index (χ1n) is 6.15. The fourth-order valence-corrected chi connectivity index (χ4v) is 2.06. The highest BCUT2D eigenvalue weighted by molar-refractivity contribution is 5.36. The van der Waals surface area contributed by atoms with Crippen LogP contribution in [0.25, 0.3) is 0 Å². The van der Waals surface area contributed by atoms with Crippen molar-refractivity contribution < 1.29 is 9.66 Å². The van der Waals surface area contributed by atoms with Gasteiger partial charge < -0.3 is 10.1 Å². The predicted octanol–water partition coefficient (Wildman–Crippen LogP) is 1.82.